The highest BCUT2D eigenvalue weighted by molar-refractivity contribution is 5.70. The molecule has 0 aromatic heterocycles. The molecule has 0 amide bonds. The normalized spacial score (nSPS) is 17.6. The maximum absolute atomic E-state index is 11.7. The highest BCUT2D eigenvalue weighted by Crippen LogP contribution is 2.39. The van der Waals surface area contributed by atoms with Gasteiger partial charge in [-0.15, -0.1) is 0 Å². The number of aliphatic carboxylic acids is 1. The summed E-state index contributed by atoms with van der Waals surface area (Å²) in [5.41, 5.74) is 2.00. The maximum atomic E-state index is 11.7. The van der Waals surface area contributed by atoms with Crippen LogP contribution in [0.2, 0.25) is 0 Å². The molecule has 1 aliphatic heterocycles. The second kappa shape index (κ2) is 10.4. The molecule has 1 heterocycles. The molecule has 0 bridgehead atoms. The summed E-state index contributed by atoms with van der Waals surface area (Å²) >= 11 is 0. The van der Waals surface area contributed by atoms with Gasteiger partial charge in [-0.05, 0) is 61.7 Å². The van der Waals surface area contributed by atoms with Gasteiger partial charge < -0.3 is 24.1 Å². The Kier molecular flexibility index (Phi) is 7.63. The largest absolute Gasteiger partial charge is 0.493 e. The summed E-state index contributed by atoms with van der Waals surface area (Å²) in [4.78, 5) is 13.9. The molecule has 1 fully saturated rings. The summed E-state index contributed by atoms with van der Waals surface area (Å²) < 4.78 is 22.2. The van der Waals surface area contributed by atoms with E-state index in [-0.39, 0.29) is 12.0 Å². The van der Waals surface area contributed by atoms with Crippen LogP contribution in [0.25, 0.3) is 0 Å². The van der Waals surface area contributed by atoms with E-state index in [2.05, 4.69) is 4.90 Å². The molecule has 0 aliphatic carbocycles. The number of ether oxygens (including phenoxy) is 4. The topological polar surface area (TPSA) is 77.5 Å². The first-order chi connectivity index (χ1) is 15.0. The Morgan fingerprint density at radius 2 is 1.58 bits per heavy atom. The number of rotatable bonds is 9. The van der Waals surface area contributed by atoms with Crippen LogP contribution >= 0.6 is 0 Å². The number of carboxylic acids is 1. The van der Waals surface area contributed by atoms with Gasteiger partial charge in [0.1, 0.15) is 0 Å². The molecule has 168 valence electrons. The van der Waals surface area contributed by atoms with Crippen LogP contribution in [0, 0.1) is 5.92 Å². The van der Waals surface area contributed by atoms with Gasteiger partial charge in [0, 0.05) is 6.54 Å². The average molecular weight is 430 g/mol. The third-order valence-corrected chi connectivity index (χ3v) is 5.69. The Labute approximate surface area is 183 Å². The van der Waals surface area contributed by atoms with Crippen LogP contribution in [-0.4, -0.2) is 57.0 Å². The predicted molar refractivity (Wildman–Crippen MR) is 117 cm³/mol. The Bertz CT molecular complexity index is 900. The first-order valence-corrected chi connectivity index (χ1v) is 10.5. The van der Waals surface area contributed by atoms with E-state index in [0.29, 0.717) is 42.6 Å². The minimum atomic E-state index is -0.750. The summed E-state index contributed by atoms with van der Waals surface area (Å²) in [6.45, 7) is 3.73. The highest BCUT2D eigenvalue weighted by Gasteiger charge is 2.32. The molecule has 3 rings (SSSR count). The Hall–Kier alpha value is -2.93. The van der Waals surface area contributed by atoms with Gasteiger partial charge in [0.05, 0.1) is 39.9 Å². The first-order valence-electron chi connectivity index (χ1n) is 10.5. The lowest BCUT2D eigenvalue weighted by Crippen LogP contribution is -2.41. The van der Waals surface area contributed by atoms with Gasteiger partial charge in [0.25, 0.3) is 0 Å². The standard InChI is InChI=1S/C24H31NO6/c1-5-31-22-14-17(9-11-20(22)29-3)23(25-12-6-7-18(15-25)24(26)27)16-8-10-19(28-2)21(13-16)30-4/h8-11,13-14,18,23H,5-7,12,15H2,1-4H3,(H,26,27). The van der Waals surface area contributed by atoms with E-state index < -0.39 is 5.97 Å². The lowest BCUT2D eigenvalue weighted by molar-refractivity contribution is -0.143. The molecule has 2 aromatic rings. The molecule has 0 saturated carbocycles. The molecule has 1 N–H and O–H groups in total. The fourth-order valence-corrected chi connectivity index (χ4v) is 4.21. The van der Waals surface area contributed by atoms with Crippen LogP contribution in [0.4, 0.5) is 0 Å². The molecule has 2 unspecified atom stereocenters. The number of methoxy groups -OCH3 is 3. The van der Waals surface area contributed by atoms with E-state index in [0.717, 1.165) is 24.1 Å². The molecule has 2 atom stereocenters. The molecular formula is C24H31NO6. The van der Waals surface area contributed by atoms with Crippen molar-refractivity contribution in [2.75, 3.05) is 41.0 Å². The van der Waals surface area contributed by atoms with Crippen LogP contribution in [0.15, 0.2) is 36.4 Å². The zero-order chi connectivity index (χ0) is 22.4. The molecule has 1 aliphatic rings. The molecule has 7 heteroatoms. The lowest BCUT2D eigenvalue weighted by atomic mass is 9.91. The van der Waals surface area contributed by atoms with Crippen molar-refractivity contribution in [3.8, 4) is 23.0 Å². The van der Waals surface area contributed by atoms with Crippen molar-refractivity contribution >= 4 is 5.97 Å². The van der Waals surface area contributed by atoms with Crippen LogP contribution in [0.1, 0.15) is 36.9 Å². The van der Waals surface area contributed by atoms with Gasteiger partial charge in [0.15, 0.2) is 23.0 Å². The van der Waals surface area contributed by atoms with Crippen LogP contribution < -0.4 is 18.9 Å². The van der Waals surface area contributed by atoms with Crippen molar-refractivity contribution in [2.24, 2.45) is 5.92 Å². The van der Waals surface area contributed by atoms with Gasteiger partial charge in [0.2, 0.25) is 0 Å². The summed E-state index contributed by atoms with van der Waals surface area (Å²) in [6.07, 6.45) is 1.52. The fourth-order valence-electron chi connectivity index (χ4n) is 4.21. The number of nitrogens with zero attached hydrogens (tertiary/aromatic N) is 1. The molecule has 7 nitrogen and oxygen atoms in total. The molecule has 0 radical (unpaired) electrons. The van der Waals surface area contributed by atoms with Gasteiger partial charge in [-0.3, -0.25) is 9.69 Å². The van der Waals surface area contributed by atoms with Crippen molar-refractivity contribution in [1.29, 1.82) is 0 Å². The van der Waals surface area contributed by atoms with Crippen LogP contribution in [0.3, 0.4) is 0 Å². The number of benzene rings is 2. The monoisotopic (exact) mass is 429 g/mol. The van der Waals surface area contributed by atoms with Crippen molar-refractivity contribution in [1.82, 2.24) is 4.90 Å². The van der Waals surface area contributed by atoms with Crippen LogP contribution in [0.5, 0.6) is 23.0 Å². The van der Waals surface area contributed by atoms with Gasteiger partial charge in [-0.25, -0.2) is 0 Å². The zero-order valence-corrected chi connectivity index (χ0v) is 18.6. The SMILES string of the molecule is CCOc1cc(C(c2ccc(OC)c(OC)c2)N2CCCC(C(=O)O)C2)ccc1OC. The number of piperidine rings is 1. The van der Waals surface area contributed by atoms with Gasteiger partial charge in [-0.2, -0.15) is 0 Å². The van der Waals surface area contributed by atoms with Crippen molar-refractivity contribution in [3.05, 3.63) is 47.5 Å². The third-order valence-electron chi connectivity index (χ3n) is 5.69. The van der Waals surface area contributed by atoms with E-state index in [1.54, 1.807) is 21.3 Å². The number of hydrogen-bond acceptors (Lipinski definition) is 6. The first kappa shape index (κ1) is 22.7. The second-order valence-electron chi connectivity index (χ2n) is 7.53. The van der Waals surface area contributed by atoms with Gasteiger partial charge in [-0.1, -0.05) is 12.1 Å². The van der Waals surface area contributed by atoms with E-state index in [1.165, 1.54) is 0 Å². The lowest BCUT2D eigenvalue weighted by Gasteiger charge is -2.38. The van der Waals surface area contributed by atoms with Crippen molar-refractivity contribution in [2.45, 2.75) is 25.8 Å². The quantitative estimate of drug-likeness (QED) is 0.646. The molecule has 1 saturated heterocycles. The third kappa shape index (κ3) is 5.05. The van der Waals surface area contributed by atoms with Gasteiger partial charge >= 0.3 is 5.97 Å². The average Bonchev–Trinajstić information content (AvgIpc) is 2.79. The predicted octanol–water partition coefficient (Wildman–Crippen LogP) is 4.00. The number of carboxylic acid groups (broad SMARTS) is 1. The summed E-state index contributed by atoms with van der Waals surface area (Å²) in [6, 6.07) is 11.6. The Morgan fingerprint density at radius 3 is 2.13 bits per heavy atom. The zero-order valence-electron chi connectivity index (χ0n) is 18.6. The highest BCUT2D eigenvalue weighted by atomic mass is 16.5. The molecule has 31 heavy (non-hydrogen) atoms. The van der Waals surface area contributed by atoms with E-state index in [1.807, 2.05) is 43.3 Å². The Morgan fingerprint density at radius 1 is 1.00 bits per heavy atom. The molecule has 2 aromatic carbocycles. The van der Waals surface area contributed by atoms with E-state index >= 15 is 0 Å². The fraction of sp³-hybridized carbons (Fsp3) is 0.458. The smallest absolute Gasteiger partial charge is 0.307 e. The molecular weight excluding hydrogens is 398 g/mol. The number of hydrogen-bond donors (Lipinski definition) is 1. The van der Waals surface area contributed by atoms with Crippen molar-refractivity contribution < 1.29 is 28.8 Å². The minimum absolute atomic E-state index is 0.160. The number of carbonyl (C=O) groups is 1. The maximum Gasteiger partial charge on any atom is 0.307 e. The summed E-state index contributed by atoms with van der Waals surface area (Å²) in [7, 11) is 4.83. The van der Waals surface area contributed by atoms with E-state index in [9.17, 15) is 9.90 Å². The second-order valence-corrected chi connectivity index (χ2v) is 7.53. The van der Waals surface area contributed by atoms with E-state index in [4.69, 9.17) is 18.9 Å². The number of likely N-dealkylation sites (tertiary alicyclic amines) is 1. The van der Waals surface area contributed by atoms with Crippen molar-refractivity contribution in [3.63, 3.8) is 0 Å². The summed E-state index contributed by atoms with van der Waals surface area (Å²) in [5.74, 6) is 1.48. The minimum Gasteiger partial charge on any atom is -0.493 e. The summed E-state index contributed by atoms with van der Waals surface area (Å²) in [5, 5.41) is 9.61. The molecule has 0 spiro atoms. The van der Waals surface area contributed by atoms with Crippen LogP contribution in [-0.2, 0) is 4.79 Å². The Balaban J connectivity index is 2.09.